The fourth-order valence-electron chi connectivity index (χ4n) is 3.07. The molecule has 7 heteroatoms. The van der Waals surface area contributed by atoms with Crippen molar-refractivity contribution in [1.82, 2.24) is 4.90 Å². The maximum atomic E-state index is 12.8. The number of amides is 2. The highest BCUT2D eigenvalue weighted by atomic mass is 32.2. The van der Waals surface area contributed by atoms with Crippen LogP contribution in [-0.4, -0.2) is 32.2 Å². The minimum atomic E-state index is -3.51. The third-order valence-corrected chi connectivity index (χ3v) is 6.56. The fourth-order valence-corrected chi connectivity index (χ4v) is 4.43. The van der Waals surface area contributed by atoms with Crippen molar-refractivity contribution in [3.8, 4) is 0 Å². The molecule has 3 aromatic carbocycles. The number of hydrogen-bond acceptors (Lipinski definition) is 4. The Balaban J connectivity index is 1.78. The first kappa shape index (κ1) is 22.2. The molecule has 0 unspecified atom stereocenters. The Kier molecular flexibility index (Phi) is 6.87. The van der Waals surface area contributed by atoms with Gasteiger partial charge in [0.25, 0.3) is 5.91 Å². The first-order valence-corrected chi connectivity index (χ1v) is 11.4. The van der Waals surface area contributed by atoms with E-state index in [4.69, 9.17) is 0 Å². The Labute approximate surface area is 182 Å². The predicted molar refractivity (Wildman–Crippen MR) is 120 cm³/mol. The van der Waals surface area contributed by atoms with Crippen LogP contribution in [-0.2, 0) is 26.9 Å². The summed E-state index contributed by atoms with van der Waals surface area (Å²) in [7, 11) is -1.82. The van der Waals surface area contributed by atoms with Crippen LogP contribution in [0, 0.1) is 0 Å². The number of nitrogens with zero attached hydrogens (tertiary/aromatic N) is 1. The van der Waals surface area contributed by atoms with Gasteiger partial charge in [-0.3, -0.25) is 9.59 Å². The molecule has 0 saturated carbocycles. The molecule has 6 nitrogen and oxygen atoms in total. The predicted octanol–water partition coefficient (Wildman–Crippen LogP) is 3.89. The molecule has 0 bridgehead atoms. The van der Waals surface area contributed by atoms with Gasteiger partial charge in [0.15, 0.2) is 9.84 Å². The van der Waals surface area contributed by atoms with E-state index in [1.165, 1.54) is 6.92 Å². The molecule has 0 aliphatic carbocycles. The van der Waals surface area contributed by atoms with E-state index in [1.54, 1.807) is 78.7 Å². The van der Waals surface area contributed by atoms with Gasteiger partial charge in [0, 0.05) is 31.8 Å². The summed E-state index contributed by atoms with van der Waals surface area (Å²) in [5.74, 6) is -0.622. The lowest BCUT2D eigenvalue weighted by Crippen LogP contribution is -2.24. The van der Waals surface area contributed by atoms with Gasteiger partial charge in [0.2, 0.25) is 5.91 Å². The number of hydrogen-bond donors (Lipinski definition) is 1. The fraction of sp³-hybridized carbons (Fsp3) is 0.167. The number of nitrogens with one attached hydrogen (secondary N) is 1. The van der Waals surface area contributed by atoms with E-state index in [2.05, 4.69) is 5.32 Å². The van der Waals surface area contributed by atoms with Crippen molar-refractivity contribution in [2.24, 2.45) is 0 Å². The molecule has 0 fully saturated rings. The molecule has 2 amide bonds. The number of benzene rings is 3. The molecule has 31 heavy (non-hydrogen) atoms. The van der Waals surface area contributed by atoms with E-state index in [0.29, 0.717) is 23.4 Å². The Hall–Kier alpha value is -3.45. The average molecular weight is 437 g/mol. The van der Waals surface area contributed by atoms with E-state index in [9.17, 15) is 18.0 Å². The highest BCUT2D eigenvalue weighted by Gasteiger charge is 2.17. The zero-order valence-corrected chi connectivity index (χ0v) is 18.2. The number of para-hydroxylation sites is 1. The summed E-state index contributed by atoms with van der Waals surface area (Å²) < 4.78 is 25.3. The standard InChI is InChI=1S/C24H24N2O4S/c1-18(27)26(2)16-21-10-6-7-14-23(21)25-24(28)20-11-8-9-19(15-20)17-31(29,30)22-12-4-3-5-13-22/h3-15H,16-17H2,1-2H3,(H,25,28). The molecular formula is C24H24N2O4S. The second-order valence-electron chi connectivity index (χ2n) is 7.26. The first-order valence-electron chi connectivity index (χ1n) is 9.74. The maximum absolute atomic E-state index is 12.8. The minimum absolute atomic E-state index is 0.0755. The van der Waals surface area contributed by atoms with Crippen molar-refractivity contribution in [3.63, 3.8) is 0 Å². The molecule has 160 valence electrons. The summed E-state index contributed by atoms with van der Waals surface area (Å²) in [5, 5.41) is 2.87. The molecule has 0 aromatic heterocycles. The molecule has 0 spiro atoms. The van der Waals surface area contributed by atoms with Gasteiger partial charge < -0.3 is 10.2 Å². The lowest BCUT2D eigenvalue weighted by molar-refractivity contribution is -0.128. The summed E-state index contributed by atoms with van der Waals surface area (Å²) in [6.45, 7) is 1.84. The highest BCUT2D eigenvalue weighted by Crippen LogP contribution is 2.20. The van der Waals surface area contributed by atoms with E-state index in [0.717, 1.165) is 5.56 Å². The maximum Gasteiger partial charge on any atom is 0.255 e. The van der Waals surface area contributed by atoms with Gasteiger partial charge in [-0.15, -0.1) is 0 Å². The van der Waals surface area contributed by atoms with Crippen LogP contribution >= 0.6 is 0 Å². The second kappa shape index (κ2) is 9.57. The Morgan fingerprint density at radius 3 is 2.29 bits per heavy atom. The summed E-state index contributed by atoms with van der Waals surface area (Å²) in [4.78, 5) is 26.2. The summed E-state index contributed by atoms with van der Waals surface area (Å²) in [5.41, 5.74) is 2.29. The summed E-state index contributed by atoms with van der Waals surface area (Å²) in [6, 6.07) is 22.1. The zero-order chi connectivity index (χ0) is 22.4. The van der Waals surface area contributed by atoms with Crippen molar-refractivity contribution in [1.29, 1.82) is 0 Å². The largest absolute Gasteiger partial charge is 0.342 e. The van der Waals surface area contributed by atoms with Crippen LogP contribution in [0.4, 0.5) is 5.69 Å². The van der Waals surface area contributed by atoms with Gasteiger partial charge in [0.1, 0.15) is 0 Å². The third-order valence-electron chi connectivity index (χ3n) is 4.86. The van der Waals surface area contributed by atoms with Crippen LogP contribution in [0.3, 0.4) is 0 Å². The van der Waals surface area contributed by atoms with Crippen LogP contribution in [0.5, 0.6) is 0 Å². The van der Waals surface area contributed by atoms with E-state index < -0.39 is 9.84 Å². The molecule has 0 heterocycles. The quantitative estimate of drug-likeness (QED) is 0.609. The van der Waals surface area contributed by atoms with E-state index in [-0.39, 0.29) is 22.5 Å². The molecule has 3 aromatic rings. The van der Waals surface area contributed by atoms with Crippen LogP contribution in [0.15, 0.2) is 83.8 Å². The van der Waals surface area contributed by atoms with Crippen molar-refractivity contribution in [2.75, 3.05) is 12.4 Å². The highest BCUT2D eigenvalue weighted by molar-refractivity contribution is 7.90. The molecule has 0 atom stereocenters. The smallest absolute Gasteiger partial charge is 0.255 e. The molecule has 3 rings (SSSR count). The number of carbonyl (C=O) groups excluding carboxylic acids is 2. The second-order valence-corrected chi connectivity index (χ2v) is 9.25. The normalized spacial score (nSPS) is 11.0. The van der Waals surface area contributed by atoms with E-state index in [1.807, 2.05) is 12.1 Å². The van der Waals surface area contributed by atoms with Gasteiger partial charge in [-0.25, -0.2) is 8.42 Å². The monoisotopic (exact) mass is 436 g/mol. The Morgan fingerprint density at radius 2 is 1.58 bits per heavy atom. The van der Waals surface area contributed by atoms with Gasteiger partial charge in [-0.05, 0) is 41.5 Å². The molecule has 0 aliphatic rings. The number of sulfone groups is 1. The van der Waals surface area contributed by atoms with Gasteiger partial charge >= 0.3 is 0 Å². The molecule has 1 N–H and O–H groups in total. The first-order chi connectivity index (χ1) is 14.8. The van der Waals surface area contributed by atoms with Gasteiger partial charge in [0.05, 0.1) is 10.6 Å². The third kappa shape index (κ3) is 5.79. The van der Waals surface area contributed by atoms with Crippen molar-refractivity contribution >= 4 is 27.3 Å². The average Bonchev–Trinajstić information content (AvgIpc) is 2.75. The van der Waals surface area contributed by atoms with Crippen LogP contribution < -0.4 is 5.32 Å². The molecular weight excluding hydrogens is 412 g/mol. The lowest BCUT2D eigenvalue weighted by atomic mass is 10.1. The Bertz CT molecular complexity index is 1190. The number of carbonyl (C=O) groups is 2. The van der Waals surface area contributed by atoms with Crippen LogP contribution in [0.2, 0.25) is 0 Å². The summed E-state index contributed by atoms with van der Waals surface area (Å²) in [6.07, 6.45) is 0. The zero-order valence-electron chi connectivity index (χ0n) is 17.4. The molecule has 0 aliphatic heterocycles. The molecule has 0 radical (unpaired) electrons. The number of rotatable bonds is 7. The van der Waals surface area contributed by atoms with Crippen molar-refractivity contribution in [3.05, 3.63) is 95.6 Å². The Morgan fingerprint density at radius 1 is 0.903 bits per heavy atom. The van der Waals surface area contributed by atoms with Gasteiger partial charge in [-0.2, -0.15) is 0 Å². The SMILES string of the molecule is CC(=O)N(C)Cc1ccccc1NC(=O)c1cccc(CS(=O)(=O)c2ccccc2)c1. The lowest BCUT2D eigenvalue weighted by Gasteiger charge is -2.18. The van der Waals surface area contributed by atoms with Crippen molar-refractivity contribution in [2.45, 2.75) is 24.1 Å². The van der Waals surface area contributed by atoms with E-state index >= 15 is 0 Å². The summed E-state index contributed by atoms with van der Waals surface area (Å²) >= 11 is 0. The van der Waals surface area contributed by atoms with Gasteiger partial charge in [-0.1, -0.05) is 48.5 Å². The van der Waals surface area contributed by atoms with Crippen LogP contribution in [0.25, 0.3) is 0 Å². The number of anilines is 1. The minimum Gasteiger partial charge on any atom is -0.342 e. The van der Waals surface area contributed by atoms with Crippen LogP contribution in [0.1, 0.15) is 28.4 Å². The molecule has 0 saturated heterocycles. The topological polar surface area (TPSA) is 83.6 Å². The van der Waals surface area contributed by atoms with Crippen molar-refractivity contribution < 1.29 is 18.0 Å².